The Hall–Kier alpha value is -1.62. The zero-order valence-electron chi connectivity index (χ0n) is 15.3. The van der Waals surface area contributed by atoms with Gasteiger partial charge in [-0.05, 0) is 58.6 Å². The third-order valence-electron chi connectivity index (χ3n) is 4.60. The summed E-state index contributed by atoms with van der Waals surface area (Å²) in [6, 6.07) is 5.67. The molecule has 0 bridgehead atoms. The van der Waals surface area contributed by atoms with Gasteiger partial charge >= 0.3 is 6.03 Å². The Morgan fingerprint density at radius 2 is 2.04 bits per heavy atom. The van der Waals surface area contributed by atoms with Crippen molar-refractivity contribution in [3.8, 4) is 0 Å². The minimum absolute atomic E-state index is 0.0179. The van der Waals surface area contributed by atoms with Gasteiger partial charge in [0.25, 0.3) is 0 Å². The van der Waals surface area contributed by atoms with Gasteiger partial charge in [0.2, 0.25) is 0 Å². The minimum Gasteiger partial charge on any atom is -0.389 e. The summed E-state index contributed by atoms with van der Waals surface area (Å²) in [5.41, 5.74) is -0.000136. The van der Waals surface area contributed by atoms with Gasteiger partial charge < -0.3 is 15.3 Å². The summed E-state index contributed by atoms with van der Waals surface area (Å²) in [5.74, 6) is 0.431. The van der Waals surface area contributed by atoms with Gasteiger partial charge in [0.05, 0.1) is 23.9 Å². The van der Waals surface area contributed by atoms with E-state index in [1.54, 1.807) is 24.9 Å². The molecule has 0 radical (unpaired) electrons. The quantitative estimate of drug-likeness (QED) is 0.837. The normalized spacial score (nSPS) is 17.1. The van der Waals surface area contributed by atoms with Crippen LogP contribution in [0, 0.1) is 5.92 Å². The van der Waals surface area contributed by atoms with Gasteiger partial charge in [-0.15, -0.1) is 0 Å². The number of carbonyl (C=O) groups is 1. The Kier molecular flexibility index (Phi) is 6.21. The smallest absolute Gasteiger partial charge is 0.318 e. The topological polar surface area (TPSA) is 65.5 Å². The van der Waals surface area contributed by atoms with Crippen molar-refractivity contribution < 1.29 is 9.90 Å². The van der Waals surface area contributed by atoms with Crippen LogP contribution in [0.1, 0.15) is 65.1 Å². The number of hydrogen-bond donors (Lipinski definition) is 2. The third-order valence-corrected chi connectivity index (χ3v) is 4.60. The molecule has 1 saturated carbocycles. The molecule has 0 aromatic carbocycles. The summed E-state index contributed by atoms with van der Waals surface area (Å²) in [4.78, 5) is 19.1. The highest BCUT2D eigenvalue weighted by Gasteiger charge is 2.32. The molecule has 5 nitrogen and oxygen atoms in total. The van der Waals surface area contributed by atoms with Crippen LogP contribution < -0.4 is 5.32 Å². The Balaban J connectivity index is 2.16. The first kappa shape index (κ1) is 18.7. The van der Waals surface area contributed by atoms with Crippen molar-refractivity contribution in [1.29, 1.82) is 0 Å². The Bertz CT molecular complexity index is 519. The molecule has 0 aliphatic heterocycles. The maximum Gasteiger partial charge on any atom is 0.318 e. The van der Waals surface area contributed by atoms with Crippen LogP contribution in [0.2, 0.25) is 0 Å². The summed E-state index contributed by atoms with van der Waals surface area (Å²) in [5, 5.41) is 13.3. The van der Waals surface area contributed by atoms with Crippen LogP contribution in [-0.4, -0.2) is 39.2 Å². The molecule has 0 saturated heterocycles. The first-order chi connectivity index (χ1) is 11.3. The summed E-state index contributed by atoms with van der Waals surface area (Å²) in [7, 11) is 0. The molecule has 0 spiro atoms. The van der Waals surface area contributed by atoms with Crippen LogP contribution in [0.15, 0.2) is 24.4 Å². The van der Waals surface area contributed by atoms with E-state index >= 15 is 0 Å². The fourth-order valence-corrected chi connectivity index (χ4v) is 3.41. The fraction of sp³-hybridized carbons (Fsp3) is 0.684. The van der Waals surface area contributed by atoms with E-state index < -0.39 is 5.60 Å². The molecule has 2 rings (SSSR count). The van der Waals surface area contributed by atoms with Gasteiger partial charge in [0.1, 0.15) is 0 Å². The van der Waals surface area contributed by atoms with Crippen molar-refractivity contribution >= 4 is 6.03 Å². The molecule has 134 valence electrons. The number of urea groups is 1. The lowest BCUT2D eigenvalue weighted by Gasteiger charge is -2.34. The number of amides is 2. The number of aromatic nitrogens is 1. The second kappa shape index (κ2) is 7.97. The number of aliphatic hydroxyl groups is 1. The van der Waals surface area contributed by atoms with E-state index in [4.69, 9.17) is 0 Å². The highest BCUT2D eigenvalue weighted by atomic mass is 16.3. The van der Waals surface area contributed by atoms with Crippen molar-refractivity contribution in [1.82, 2.24) is 15.2 Å². The SMILES string of the molecule is CC(C)N(CC(C)(C)O)C(=O)NC(c1ccccn1)C1CCCC1. The van der Waals surface area contributed by atoms with Crippen LogP contribution in [0.3, 0.4) is 0 Å². The molecule has 1 aliphatic carbocycles. The lowest BCUT2D eigenvalue weighted by Crippen LogP contribution is -2.51. The summed E-state index contributed by atoms with van der Waals surface area (Å²) >= 11 is 0. The summed E-state index contributed by atoms with van der Waals surface area (Å²) in [6.45, 7) is 7.69. The highest BCUT2D eigenvalue weighted by Crippen LogP contribution is 2.35. The van der Waals surface area contributed by atoms with Gasteiger partial charge in [0.15, 0.2) is 0 Å². The molecule has 1 atom stereocenters. The van der Waals surface area contributed by atoms with Crippen LogP contribution in [-0.2, 0) is 0 Å². The van der Waals surface area contributed by atoms with E-state index in [1.165, 1.54) is 12.8 Å². The van der Waals surface area contributed by atoms with E-state index in [9.17, 15) is 9.90 Å². The number of rotatable bonds is 6. The molecule has 2 amide bonds. The number of nitrogens with one attached hydrogen (secondary N) is 1. The first-order valence-electron chi connectivity index (χ1n) is 8.98. The molecule has 2 N–H and O–H groups in total. The Morgan fingerprint density at radius 3 is 2.54 bits per heavy atom. The average Bonchev–Trinajstić information content (AvgIpc) is 3.04. The predicted molar refractivity (Wildman–Crippen MR) is 95.6 cm³/mol. The molecule has 1 aromatic rings. The molecular weight excluding hydrogens is 302 g/mol. The monoisotopic (exact) mass is 333 g/mol. The third kappa shape index (κ3) is 5.20. The first-order valence-corrected chi connectivity index (χ1v) is 8.98. The van der Waals surface area contributed by atoms with E-state index in [0.717, 1.165) is 18.5 Å². The average molecular weight is 333 g/mol. The second-order valence-electron chi connectivity index (χ2n) is 7.76. The molecule has 5 heteroatoms. The molecule has 1 fully saturated rings. The van der Waals surface area contributed by atoms with Gasteiger partial charge in [-0.25, -0.2) is 4.79 Å². The maximum atomic E-state index is 12.9. The molecule has 1 aliphatic rings. The largest absolute Gasteiger partial charge is 0.389 e. The summed E-state index contributed by atoms with van der Waals surface area (Å²) in [6.07, 6.45) is 6.44. The van der Waals surface area contributed by atoms with Crippen molar-refractivity contribution in [2.45, 2.75) is 71.1 Å². The number of nitrogens with zero attached hydrogens (tertiary/aromatic N) is 2. The van der Waals surface area contributed by atoms with Gasteiger partial charge in [-0.1, -0.05) is 18.9 Å². The van der Waals surface area contributed by atoms with E-state index in [-0.39, 0.29) is 18.1 Å². The number of pyridine rings is 1. The maximum absolute atomic E-state index is 12.9. The number of hydrogen-bond acceptors (Lipinski definition) is 3. The minimum atomic E-state index is -0.921. The van der Waals surface area contributed by atoms with Crippen molar-refractivity contribution in [2.75, 3.05) is 6.54 Å². The molecule has 24 heavy (non-hydrogen) atoms. The van der Waals surface area contributed by atoms with Crippen molar-refractivity contribution in [3.63, 3.8) is 0 Å². The van der Waals surface area contributed by atoms with Gasteiger partial charge in [0, 0.05) is 12.2 Å². The fourth-order valence-electron chi connectivity index (χ4n) is 3.41. The van der Waals surface area contributed by atoms with Crippen LogP contribution >= 0.6 is 0 Å². The van der Waals surface area contributed by atoms with Crippen LogP contribution in [0.4, 0.5) is 4.79 Å². The zero-order chi connectivity index (χ0) is 17.7. The van der Waals surface area contributed by atoms with Crippen molar-refractivity contribution in [2.24, 2.45) is 5.92 Å². The lowest BCUT2D eigenvalue weighted by atomic mass is 9.95. The van der Waals surface area contributed by atoms with E-state index in [0.29, 0.717) is 12.5 Å². The molecular formula is C19H31N3O2. The van der Waals surface area contributed by atoms with Gasteiger partial charge in [-0.3, -0.25) is 4.98 Å². The Labute approximate surface area is 145 Å². The van der Waals surface area contributed by atoms with Gasteiger partial charge in [-0.2, -0.15) is 0 Å². The zero-order valence-corrected chi connectivity index (χ0v) is 15.3. The van der Waals surface area contributed by atoms with Crippen LogP contribution in [0.5, 0.6) is 0 Å². The highest BCUT2D eigenvalue weighted by molar-refractivity contribution is 5.75. The van der Waals surface area contributed by atoms with Crippen LogP contribution in [0.25, 0.3) is 0 Å². The lowest BCUT2D eigenvalue weighted by molar-refractivity contribution is 0.0378. The van der Waals surface area contributed by atoms with E-state index in [2.05, 4.69) is 10.3 Å². The Morgan fingerprint density at radius 1 is 1.38 bits per heavy atom. The second-order valence-corrected chi connectivity index (χ2v) is 7.76. The standard InChI is InChI=1S/C19H31N3O2/c1-14(2)22(13-19(3,4)24)18(23)21-17(15-9-5-6-10-15)16-11-7-8-12-20-16/h7-8,11-12,14-15,17,24H,5-6,9-10,13H2,1-4H3,(H,21,23). The molecule has 1 aromatic heterocycles. The molecule has 1 unspecified atom stereocenters. The molecule has 1 heterocycles. The number of carbonyl (C=O) groups excluding carboxylic acids is 1. The predicted octanol–water partition coefficient (Wildman–Crippen LogP) is 3.50. The van der Waals surface area contributed by atoms with Crippen molar-refractivity contribution in [3.05, 3.63) is 30.1 Å². The summed E-state index contributed by atoms with van der Waals surface area (Å²) < 4.78 is 0. The van der Waals surface area contributed by atoms with E-state index in [1.807, 2.05) is 32.0 Å².